The molecule has 0 unspecified atom stereocenters. The van der Waals surface area contributed by atoms with E-state index >= 15 is 0 Å². The predicted molar refractivity (Wildman–Crippen MR) is 88.1 cm³/mol. The van der Waals surface area contributed by atoms with Gasteiger partial charge in [-0.15, -0.1) is 0 Å². The zero-order valence-corrected chi connectivity index (χ0v) is 11.6. The third kappa shape index (κ3) is 1.61. The average Bonchev–Trinajstić information content (AvgIpc) is 2.73. The summed E-state index contributed by atoms with van der Waals surface area (Å²) in [5, 5.41) is 5.49. The van der Waals surface area contributed by atoms with E-state index in [0.29, 0.717) is 0 Å². The minimum absolute atomic E-state index is 1.01. The van der Waals surface area contributed by atoms with Gasteiger partial charge in [-0.3, -0.25) is 0 Å². The highest BCUT2D eigenvalue weighted by Crippen LogP contribution is 2.35. The highest BCUT2D eigenvalue weighted by atomic mass is 14.2. The molecule has 0 aliphatic heterocycles. The van der Waals surface area contributed by atoms with E-state index < -0.39 is 0 Å². The number of aryl methyl sites for hydroxylation is 1. The van der Waals surface area contributed by atoms with Crippen LogP contribution in [0.3, 0.4) is 0 Å². The third-order valence-corrected chi connectivity index (χ3v) is 4.16. The molecule has 0 aromatic heterocycles. The predicted octanol–water partition coefficient (Wildman–Crippen LogP) is 5.43. The summed E-state index contributed by atoms with van der Waals surface area (Å²) >= 11 is 0. The lowest BCUT2D eigenvalue weighted by molar-refractivity contribution is 1.31. The molecule has 96 valence electrons. The fraction of sp³-hybridized carbons (Fsp3) is 0.100. The van der Waals surface area contributed by atoms with Crippen molar-refractivity contribution in [2.24, 2.45) is 0 Å². The van der Waals surface area contributed by atoms with E-state index in [1.807, 2.05) is 0 Å². The van der Waals surface area contributed by atoms with Crippen molar-refractivity contribution in [1.82, 2.24) is 0 Å². The molecule has 0 amide bonds. The van der Waals surface area contributed by atoms with E-state index in [2.05, 4.69) is 73.7 Å². The second-order valence-corrected chi connectivity index (χ2v) is 5.48. The maximum atomic E-state index is 2.31. The van der Waals surface area contributed by atoms with E-state index in [1.54, 1.807) is 0 Å². The van der Waals surface area contributed by atoms with E-state index in [0.717, 1.165) is 6.42 Å². The van der Waals surface area contributed by atoms with E-state index in [-0.39, 0.29) is 0 Å². The van der Waals surface area contributed by atoms with Gasteiger partial charge in [0.1, 0.15) is 0 Å². The summed E-state index contributed by atoms with van der Waals surface area (Å²) in [4.78, 5) is 0. The normalized spacial score (nSPS) is 13.7. The van der Waals surface area contributed by atoms with Crippen LogP contribution in [0.5, 0.6) is 0 Å². The topological polar surface area (TPSA) is 0 Å². The second kappa shape index (κ2) is 4.35. The summed E-state index contributed by atoms with van der Waals surface area (Å²) < 4.78 is 0. The van der Waals surface area contributed by atoms with Crippen molar-refractivity contribution in [3.63, 3.8) is 0 Å². The Kier molecular flexibility index (Phi) is 2.50. The quantitative estimate of drug-likeness (QED) is 0.471. The zero-order valence-electron chi connectivity index (χ0n) is 11.6. The summed E-state index contributed by atoms with van der Waals surface area (Å²) in [5.41, 5.74) is 4.14. The van der Waals surface area contributed by atoms with Crippen LogP contribution in [0.1, 0.15) is 16.7 Å². The largest absolute Gasteiger partial charge is 0.0801 e. The van der Waals surface area contributed by atoms with Gasteiger partial charge < -0.3 is 0 Å². The van der Waals surface area contributed by atoms with Gasteiger partial charge in [0.2, 0.25) is 0 Å². The molecule has 0 N–H and O–H groups in total. The van der Waals surface area contributed by atoms with Crippen LogP contribution in [-0.2, 0) is 6.42 Å². The molecule has 20 heavy (non-hydrogen) atoms. The first-order valence-electron chi connectivity index (χ1n) is 7.12. The van der Waals surface area contributed by atoms with Crippen molar-refractivity contribution >= 4 is 27.6 Å². The Bertz CT molecular complexity index is 879. The number of benzene rings is 3. The fourth-order valence-corrected chi connectivity index (χ4v) is 3.23. The highest BCUT2D eigenvalue weighted by Gasteiger charge is 2.12. The highest BCUT2D eigenvalue weighted by molar-refractivity contribution is 6.13. The van der Waals surface area contributed by atoms with Gasteiger partial charge >= 0.3 is 0 Å². The number of hydrogen-bond donors (Lipinski definition) is 0. The van der Waals surface area contributed by atoms with Gasteiger partial charge in [-0.05, 0) is 46.0 Å². The smallest absolute Gasteiger partial charge is 0.00820 e. The van der Waals surface area contributed by atoms with Crippen LogP contribution < -0.4 is 0 Å². The molecule has 0 atom stereocenters. The number of fused-ring (bicyclic) bond motifs is 6. The Balaban J connectivity index is 2.29. The molecule has 0 radical (unpaired) electrons. The van der Waals surface area contributed by atoms with Crippen LogP contribution in [0.4, 0.5) is 0 Å². The molecule has 0 fully saturated rings. The molecule has 1 aliphatic rings. The Morgan fingerprint density at radius 3 is 2.55 bits per heavy atom. The van der Waals surface area contributed by atoms with Crippen LogP contribution in [-0.4, -0.2) is 0 Å². The van der Waals surface area contributed by atoms with Gasteiger partial charge in [0.15, 0.2) is 0 Å². The molecule has 3 aromatic rings. The van der Waals surface area contributed by atoms with Crippen molar-refractivity contribution in [3.8, 4) is 0 Å². The summed E-state index contributed by atoms with van der Waals surface area (Å²) in [7, 11) is 0. The van der Waals surface area contributed by atoms with Crippen LogP contribution in [0.25, 0.3) is 27.6 Å². The van der Waals surface area contributed by atoms with Gasteiger partial charge in [-0.25, -0.2) is 0 Å². The zero-order chi connectivity index (χ0) is 13.5. The third-order valence-electron chi connectivity index (χ3n) is 4.16. The lowest BCUT2D eigenvalue weighted by atomic mass is 9.90. The summed E-state index contributed by atoms with van der Waals surface area (Å²) in [6, 6.07) is 15.6. The second-order valence-electron chi connectivity index (χ2n) is 5.48. The molecule has 1 aliphatic carbocycles. The fourth-order valence-electron chi connectivity index (χ4n) is 3.23. The first kappa shape index (κ1) is 11.5. The minimum atomic E-state index is 1.01. The molecule has 0 nitrogen and oxygen atoms in total. The molecule has 4 rings (SSSR count). The summed E-state index contributed by atoms with van der Waals surface area (Å²) in [5.74, 6) is 0. The lowest BCUT2D eigenvalue weighted by Gasteiger charge is -2.14. The molecule has 0 bridgehead atoms. The van der Waals surface area contributed by atoms with Gasteiger partial charge in [-0.2, -0.15) is 0 Å². The number of rotatable bonds is 0. The van der Waals surface area contributed by atoms with Crippen LogP contribution >= 0.6 is 0 Å². The van der Waals surface area contributed by atoms with Crippen molar-refractivity contribution in [1.29, 1.82) is 0 Å². The van der Waals surface area contributed by atoms with Gasteiger partial charge in [0.25, 0.3) is 0 Å². The van der Waals surface area contributed by atoms with Crippen molar-refractivity contribution in [2.75, 3.05) is 0 Å². The molecular weight excluding hydrogens is 240 g/mol. The molecule has 0 saturated heterocycles. The van der Waals surface area contributed by atoms with Crippen molar-refractivity contribution in [3.05, 3.63) is 77.4 Å². The lowest BCUT2D eigenvalue weighted by Crippen LogP contribution is -1.92. The standard InChI is InChI=1S/C20H16/c1-14-11-12-19-17-8-4-2-3-7-15(17)16-9-5-6-10-18(16)20(19)13-14/h2-6,8-13H,7H2,1H3. The molecule has 0 saturated carbocycles. The van der Waals surface area contributed by atoms with Gasteiger partial charge in [0.05, 0.1) is 0 Å². The first-order valence-corrected chi connectivity index (χ1v) is 7.12. The Labute approximate surface area is 119 Å². The van der Waals surface area contributed by atoms with Crippen LogP contribution in [0.2, 0.25) is 0 Å². The first-order chi connectivity index (χ1) is 9.84. The van der Waals surface area contributed by atoms with Crippen molar-refractivity contribution < 1.29 is 0 Å². The Hall–Kier alpha value is -2.34. The summed E-state index contributed by atoms with van der Waals surface area (Å²) in [6.45, 7) is 2.16. The Morgan fingerprint density at radius 1 is 0.800 bits per heavy atom. The average molecular weight is 256 g/mol. The maximum Gasteiger partial charge on any atom is -0.00820 e. The summed E-state index contributed by atoms with van der Waals surface area (Å²) in [6.07, 6.45) is 9.80. The minimum Gasteiger partial charge on any atom is -0.0801 e. The molecule has 0 heterocycles. The monoisotopic (exact) mass is 256 g/mol. The Morgan fingerprint density at radius 2 is 1.65 bits per heavy atom. The van der Waals surface area contributed by atoms with E-state index in [9.17, 15) is 0 Å². The SMILES string of the molecule is Cc1ccc2c3c(c4ccccc4c2c1)CC=CC=C3. The van der Waals surface area contributed by atoms with Crippen LogP contribution in [0, 0.1) is 6.92 Å². The molecule has 0 spiro atoms. The van der Waals surface area contributed by atoms with E-state index in [4.69, 9.17) is 0 Å². The van der Waals surface area contributed by atoms with Gasteiger partial charge in [-0.1, -0.05) is 72.3 Å². The molecule has 3 aromatic carbocycles. The number of hydrogen-bond acceptors (Lipinski definition) is 0. The maximum absolute atomic E-state index is 2.31. The van der Waals surface area contributed by atoms with Gasteiger partial charge in [0, 0.05) is 0 Å². The van der Waals surface area contributed by atoms with Crippen LogP contribution in [0.15, 0.2) is 60.7 Å². The number of allylic oxidation sites excluding steroid dienone is 3. The molecule has 0 heteroatoms. The van der Waals surface area contributed by atoms with E-state index in [1.165, 1.54) is 38.2 Å². The molecular formula is C20H16. The van der Waals surface area contributed by atoms with Crippen molar-refractivity contribution in [2.45, 2.75) is 13.3 Å².